The minimum atomic E-state index is -1.05. The molecule has 0 fully saturated rings. The summed E-state index contributed by atoms with van der Waals surface area (Å²) in [5.74, 6) is 0. The quantitative estimate of drug-likeness (QED) is 0.631. The summed E-state index contributed by atoms with van der Waals surface area (Å²) in [5.41, 5.74) is 1.49. The van der Waals surface area contributed by atoms with Crippen LogP contribution in [0.5, 0.6) is 0 Å². The van der Waals surface area contributed by atoms with Gasteiger partial charge in [0.05, 0.1) is 11.8 Å². The van der Waals surface area contributed by atoms with Crippen LogP contribution in [0.25, 0.3) is 0 Å². The normalized spacial score (nSPS) is 11.8. The number of amides is 1. The maximum Gasteiger partial charge on any atom is 0.428 e. The lowest BCUT2D eigenvalue weighted by Crippen LogP contribution is -2.41. The molecule has 0 aromatic heterocycles. The van der Waals surface area contributed by atoms with Gasteiger partial charge in [-0.3, -0.25) is 0 Å². The van der Waals surface area contributed by atoms with Gasteiger partial charge >= 0.3 is 6.09 Å². The monoisotopic (exact) mass is 234 g/mol. The van der Waals surface area contributed by atoms with Crippen LogP contribution in [0.1, 0.15) is 31.9 Å². The van der Waals surface area contributed by atoms with Gasteiger partial charge in [-0.1, -0.05) is 29.8 Å². The van der Waals surface area contributed by atoms with E-state index in [9.17, 15) is 4.79 Å². The largest absolute Gasteiger partial charge is 0.464 e. The number of carbonyl (C=O) groups is 1. The Kier molecular flexibility index (Phi) is 3.89. The highest BCUT2D eigenvalue weighted by Gasteiger charge is 2.25. The summed E-state index contributed by atoms with van der Waals surface area (Å²) >= 11 is 0. The lowest BCUT2D eigenvalue weighted by Gasteiger charge is -2.27. The van der Waals surface area contributed by atoms with Crippen molar-refractivity contribution in [2.24, 2.45) is 5.10 Å². The van der Waals surface area contributed by atoms with Crippen molar-refractivity contribution in [1.29, 1.82) is 0 Å². The SMILES string of the molecule is Cc1ccc(/C=N/N(C(=O)O)C(C)(C)C)cc1. The van der Waals surface area contributed by atoms with E-state index in [-0.39, 0.29) is 0 Å². The van der Waals surface area contributed by atoms with Crippen LogP contribution in [0.4, 0.5) is 4.79 Å². The van der Waals surface area contributed by atoms with Crippen molar-refractivity contribution in [1.82, 2.24) is 5.01 Å². The molecule has 4 heteroatoms. The summed E-state index contributed by atoms with van der Waals surface area (Å²) in [6.45, 7) is 7.40. The van der Waals surface area contributed by atoms with Crippen LogP contribution in [0.15, 0.2) is 29.4 Å². The van der Waals surface area contributed by atoms with Gasteiger partial charge in [0.15, 0.2) is 0 Å². The van der Waals surface area contributed by atoms with E-state index in [0.29, 0.717) is 0 Å². The van der Waals surface area contributed by atoms with Crippen LogP contribution in [0.3, 0.4) is 0 Å². The van der Waals surface area contributed by atoms with E-state index in [1.807, 2.05) is 31.2 Å². The fourth-order valence-electron chi connectivity index (χ4n) is 1.29. The summed E-state index contributed by atoms with van der Waals surface area (Å²) in [5, 5.41) is 14.1. The van der Waals surface area contributed by atoms with Gasteiger partial charge < -0.3 is 5.11 Å². The van der Waals surface area contributed by atoms with Crippen molar-refractivity contribution >= 4 is 12.3 Å². The molecule has 17 heavy (non-hydrogen) atoms. The van der Waals surface area contributed by atoms with Gasteiger partial charge in [-0.25, -0.2) is 4.79 Å². The molecule has 0 spiro atoms. The number of carboxylic acid groups (broad SMARTS) is 1. The minimum Gasteiger partial charge on any atom is -0.464 e. The van der Waals surface area contributed by atoms with Crippen LogP contribution >= 0.6 is 0 Å². The summed E-state index contributed by atoms with van der Waals surface area (Å²) < 4.78 is 0. The van der Waals surface area contributed by atoms with Crippen molar-refractivity contribution in [3.05, 3.63) is 35.4 Å². The first-order chi connectivity index (χ1) is 7.80. The van der Waals surface area contributed by atoms with Gasteiger partial charge in [0, 0.05) is 0 Å². The number of nitrogens with zero attached hydrogens (tertiary/aromatic N) is 2. The van der Waals surface area contributed by atoms with Crippen molar-refractivity contribution in [2.75, 3.05) is 0 Å². The molecule has 1 rings (SSSR count). The Labute approximate surface area is 102 Å². The number of rotatable bonds is 2. The third-order valence-electron chi connectivity index (χ3n) is 2.22. The van der Waals surface area contributed by atoms with Gasteiger partial charge in [0.1, 0.15) is 0 Å². The van der Waals surface area contributed by atoms with E-state index >= 15 is 0 Å². The Hall–Kier alpha value is -1.84. The van der Waals surface area contributed by atoms with Crippen molar-refractivity contribution in [3.8, 4) is 0 Å². The van der Waals surface area contributed by atoms with Crippen LogP contribution in [-0.2, 0) is 0 Å². The molecule has 0 unspecified atom stereocenters. The Balaban J connectivity index is 2.87. The predicted molar refractivity (Wildman–Crippen MR) is 68.4 cm³/mol. The summed E-state index contributed by atoms with van der Waals surface area (Å²) in [6.07, 6.45) is 0.500. The molecular formula is C13H18N2O2. The molecule has 0 radical (unpaired) electrons. The molecule has 0 saturated heterocycles. The maximum absolute atomic E-state index is 11.0. The maximum atomic E-state index is 11.0. The summed E-state index contributed by atoms with van der Waals surface area (Å²) in [6, 6.07) is 7.73. The van der Waals surface area contributed by atoms with Crippen LogP contribution in [0, 0.1) is 6.92 Å². The van der Waals surface area contributed by atoms with Crippen molar-refractivity contribution in [3.63, 3.8) is 0 Å². The lowest BCUT2D eigenvalue weighted by atomic mass is 10.1. The fraction of sp³-hybridized carbons (Fsp3) is 0.385. The molecule has 0 atom stereocenters. The zero-order valence-corrected chi connectivity index (χ0v) is 10.6. The highest BCUT2D eigenvalue weighted by Crippen LogP contribution is 2.13. The smallest absolute Gasteiger partial charge is 0.428 e. The fourth-order valence-corrected chi connectivity index (χ4v) is 1.29. The Morgan fingerprint density at radius 3 is 2.24 bits per heavy atom. The second kappa shape index (κ2) is 4.99. The molecule has 1 aromatic rings. The molecule has 0 bridgehead atoms. The number of hydrazone groups is 1. The predicted octanol–water partition coefficient (Wildman–Crippen LogP) is 3.11. The third kappa shape index (κ3) is 3.90. The molecule has 0 aliphatic rings. The first-order valence-corrected chi connectivity index (χ1v) is 5.44. The van der Waals surface area contributed by atoms with E-state index in [1.165, 1.54) is 0 Å². The van der Waals surface area contributed by atoms with Crippen molar-refractivity contribution < 1.29 is 9.90 Å². The molecule has 0 aliphatic carbocycles. The van der Waals surface area contributed by atoms with Crippen LogP contribution in [-0.4, -0.2) is 28.0 Å². The molecule has 0 heterocycles. The van der Waals surface area contributed by atoms with Crippen LogP contribution < -0.4 is 0 Å². The first kappa shape index (κ1) is 13.2. The molecule has 4 nitrogen and oxygen atoms in total. The van der Waals surface area contributed by atoms with E-state index in [0.717, 1.165) is 16.1 Å². The van der Waals surface area contributed by atoms with E-state index < -0.39 is 11.6 Å². The summed E-state index contributed by atoms with van der Waals surface area (Å²) in [4.78, 5) is 11.0. The standard InChI is InChI=1S/C13H18N2O2/c1-10-5-7-11(8-6-10)9-14-15(12(16)17)13(2,3)4/h5-9H,1-4H3,(H,16,17)/b14-9+. The zero-order valence-electron chi connectivity index (χ0n) is 10.6. The molecule has 92 valence electrons. The third-order valence-corrected chi connectivity index (χ3v) is 2.22. The average Bonchev–Trinajstić information content (AvgIpc) is 2.18. The lowest BCUT2D eigenvalue weighted by molar-refractivity contribution is 0.103. The first-order valence-electron chi connectivity index (χ1n) is 5.44. The highest BCUT2D eigenvalue weighted by atomic mass is 16.4. The number of hydrogen-bond donors (Lipinski definition) is 1. The summed E-state index contributed by atoms with van der Waals surface area (Å²) in [7, 11) is 0. The van der Waals surface area contributed by atoms with E-state index in [2.05, 4.69) is 5.10 Å². The van der Waals surface area contributed by atoms with Gasteiger partial charge in [-0.15, -0.1) is 0 Å². The topological polar surface area (TPSA) is 52.9 Å². The van der Waals surface area contributed by atoms with Gasteiger partial charge in [-0.2, -0.15) is 10.1 Å². The number of hydrogen-bond acceptors (Lipinski definition) is 2. The second-order valence-electron chi connectivity index (χ2n) is 4.92. The molecule has 0 aliphatic heterocycles. The van der Waals surface area contributed by atoms with Gasteiger partial charge in [0.2, 0.25) is 0 Å². The van der Waals surface area contributed by atoms with Crippen molar-refractivity contribution in [2.45, 2.75) is 33.2 Å². The minimum absolute atomic E-state index is 0.549. The van der Waals surface area contributed by atoms with Gasteiger partial charge in [0.25, 0.3) is 0 Å². The Bertz CT molecular complexity index is 416. The molecule has 1 N–H and O–H groups in total. The van der Waals surface area contributed by atoms with E-state index in [4.69, 9.17) is 5.11 Å². The zero-order chi connectivity index (χ0) is 13.1. The molecular weight excluding hydrogens is 216 g/mol. The Morgan fingerprint density at radius 2 is 1.82 bits per heavy atom. The second-order valence-corrected chi connectivity index (χ2v) is 4.92. The Morgan fingerprint density at radius 1 is 1.29 bits per heavy atom. The molecule has 1 aromatic carbocycles. The number of aryl methyl sites for hydroxylation is 1. The molecule has 1 amide bonds. The van der Waals surface area contributed by atoms with Gasteiger partial charge in [-0.05, 0) is 33.3 Å². The van der Waals surface area contributed by atoms with E-state index in [1.54, 1.807) is 27.0 Å². The number of benzene rings is 1. The average molecular weight is 234 g/mol. The molecule has 0 saturated carbocycles. The highest BCUT2D eigenvalue weighted by molar-refractivity contribution is 5.80. The van der Waals surface area contributed by atoms with Crippen LogP contribution in [0.2, 0.25) is 0 Å².